The van der Waals surface area contributed by atoms with Crippen molar-refractivity contribution in [3.05, 3.63) is 0 Å². The molecule has 0 fully saturated rings. The molecule has 0 aliphatic carbocycles. The Morgan fingerprint density at radius 1 is 1.43 bits per heavy atom. The maximum absolute atomic E-state index is 11.7. The van der Waals surface area contributed by atoms with Crippen LogP contribution in [-0.2, 0) is 9.09 Å². The molecule has 5 heteroatoms. The molecule has 0 aliphatic rings. The van der Waals surface area contributed by atoms with Crippen LogP contribution in [-0.4, -0.2) is 12.4 Å². The van der Waals surface area contributed by atoms with Crippen LogP contribution in [0.2, 0.25) is 0 Å². The molecule has 0 saturated carbocycles. The highest BCUT2D eigenvalue weighted by atomic mass is 33.1. The van der Waals surface area contributed by atoms with Crippen molar-refractivity contribution in [2.24, 2.45) is 5.92 Å². The molecule has 0 spiro atoms. The van der Waals surface area contributed by atoms with E-state index in [1.165, 1.54) is 24.2 Å². The third kappa shape index (κ3) is 9.45. The number of rotatable bonds is 8. The van der Waals surface area contributed by atoms with Crippen LogP contribution >= 0.6 is 29.4 Å². The van der Waals surface area contributed by atoms with Crippen LogP contribution in [0.1, 0.15) is 40.0 Å². The van der Waals surface area contributed by atoms with Crippen molar-refractivity contribution in [2.45, 2.75) is 40.0 Å². The third-order valence-electron chi connectivity index (χ3n) is 1.57. The molecule has 1 atom stereocenters. The average Bonchev–Trinajstić information content (AvgIpc) is 2.10. The lowest BCUT2D eigenvalue weighted by atomic mass is 10.2. The van der Waals surface area contributed by atoms with Crippen molar-refractivity contribution in [1.29, 1.82) is 0 Å². The summed E-state index contributed by atoms with van der Waals surface area (Å²) in [5.41, 5.74) is 0. The van der Waals surface area contributed by atoms with Gasteiger partial charge in [-0.1, -0.05) is 57.2 Å². The van der Waals surface area contributed by atoms with Gasteiger partial charge in [-0.15, -0.1) is 0 Å². The van der Waals surface area contributed by atoms with Crippen LogP contribution < -0.4 is 0 Å². The Labute approximate surface area is 96.9 Å². The number of thiol groups is 1. The van der Waals surface area contributed by atoms with E-state index in [1.807, 2.05) is 13.8 Å². The molecule has 14 heavy (non-hydrogen) atoms. The van der Waals surface area contributed by atoms with Gasteiger partial charge in [0.1, 0.15) is 0 Å². The molecule has 0 N–H and O–H groups in total. The Bertz CT molecular complexity index is 186. The van der Waals surface area contributed by atoms with E-state index in [4.69, 9.17) is 4.52 Å². The number of hydrogen-bond donors (Lipinski definition) is 1. The smallest absolute Gasteiger partial charge is 0.310 e. The lowest BCUT2D eigenvalue weighted by molar-refractivity contribution is 0.288. The number of hydrogen-bond acceptors (Lipinski definition) is 3. The summed E-state index contributed by atoms with van der Waals surface area (Å²) < 4.78 is 16.9. The lowest BCUT2D eigenvalue weighted by Gasteiger charge is -2.13. The quantitative estimate of drug-likeness (QED) is 0.390. The van der Waals surface area contributed by atoms with Gasteiger partial charge in [-0.25, -0.2) is 0 Å². The fourth-order valence-corrected chi connectivity index (χ4v) is 4.36. The van der Waals surface area contributed by atoms with E-state index < -0.39 is 5.77 Å². The van der Waals surface area contributed by atoms with E-state index >= 15 is 0 Å². The Morgan fingerprint density at radius 3 is 2.57 bits per heavy atom. The average molecular weight is 256 g/mol. The van der Waals surface area contributed by atoms with Gasteiger partial charge in [0, 0.05) is 5.75 Å². The summed E-state index contributed by atoms with van der Waals surface area (Å²) >= 11 is 5.42. The van der Waals surface area contributed by atoms with Gasteiger partial charge >= 0.3 is 5.77 Å². The molecule has 0 rings (SSSR count). The molecule has 0 saturated heterocycles. The summed E-state index contributed by atoms with van der Waals surface area (Å²) in [6.07, 6.45) is 3.46. The zero-order chi connectivity index (χ0) is 11.0. The van der Waals surface area contributed by atoms with Crippen LogP contribution in [0.5, 0.6) is 0 Å². The minimum atomic E-state index is -2.68. The van der Waals surface area contributed by atoms with Crippen LogP contribution in [0, 0.1) is 5.92 Å². The van der Waals surface area contributed by atoms with Gasteiger partial charge in [0.05, 0.1) is 6.61 Å². The minimum absolute atomic E-state index is 0.409. The zero-order valence-corrected chi connectivity index (χ0v) is 11.8. The molecule has 0 aromatic carbocycles. The van der Waals surface area contributed by atoms with E-state index in [9.17, 15) is 4.57 Å². The molecule has 0 aromatic heterocycles. The fraction of sp³-hybridized carbons (Fsp3) is 1.00. The molecule has 0 radical (unpaired) electrons. The van der Waals surface area contributed by atoms with Crippen molar-refractivity contribution >= 4 is 29.4 Å². The fourth-order valence-electron chi connectivity index (χ4n) is 0.813. The van der Waals surface area contributed by atoms with Gasteiger partial charge in [-0.05, 0) is 12.3 Å². The second-order valence-corrected chi connectivity index (χ2v) is 10.2. The molecule has 0 bridgehead atoms. The Kier molecular flexibility index (Phi) is 8.60. The van der Waals surface area contributed by atoms with Gasteiger partial charge in [-0.2, -0.15) is 0 Å². The monoisotopic (exact) mass is 256 g/mol. The van der Waals surface area contributed by atoms with E-state index in [0.717, 1.165) is 12.2 Å². The van der Waals surface area contributed by atoms with Gasteiger partial charge in [-0.3, -0.25) is 4.57 Å². The first-order chi connectivity index (χ1) is 6.48. The van der Waals surface area contributed by atoms with Crippen LogP contribution in [0.25, 0.3) is 0 Å². The Balaban J connectivity index is 3.56. The predicted molar refractivity (Wildman–Crippen MR) is 69.4 cm³/mol. The maximum atomic E-state index is 11.7. The lowest BCUT2D eigenvalue weighted by Crippen LogP contribution is -1.97. The highest BCUT2D eigenvalue weighted by Gasteiger charge is 2.18. The number of unbranched alkanes of at least 4 members (excludes halogenated alkanes) is 2. The zero-order valence-electron chi connectivity index (χ0n) is 9.23. The molecule has 0 aliphatic heterocycles. The SMILES string of the molecule is CCCCCSP(=O)(S)OCC(C)C. The summed E-state index contributed by atoms with van der Waals surface area (Å²) in [5.74, 6) is -1.38. The largest absolute Gasteiger partial charge is 0.313 e. The van der Waals surface area contributed by atoms with Gasteiger partial charge in [0.15, 0.2) is 0 Å². The Hall–Kier alpha value is 0.890. The van der Waals surface area contributed by atoms with E-state index in [2.05, 4.69) is 19.2 Å². The van der Waals surface area contributed by atoms with Crippen LogP contribution in [0.4, 0.5) is 0 Å². The van der Waals surface area contributed by atoms with Crippen molar-refractivity contribution in [1.82, 2.24) is 0 Å². The second-order valence-electron chi connectivity index (χ2n) is 3.70. The van der Waals surface area contributed by atoms with Gasteiger partial charge < -0.3 is 4.52 Å². The van der Waals surface area contributed by atoms with Crippen molar-refractivity contribution in [2.75, 3.05) is 12.4 Å². The van der Waals surface area contributed by atoms with E-state index in [1.54, 1.807) is 0 Å². The highest BCUT2D eigenvalue weighted by Crippen LogP contribution is 2.64. The van der Waals surface area contributed by atoms with E-state index in [0.29, 0.717) is 12.5 Å². The molecule has 0 heterocycles. The van der Waals surface area contributed by atoms with Crippen molar-refractivity contribution in [3.8, 4) is 0 Å². The molecule has 2 nitrogen and oxygen atoms in total. The van der Waals surface area contributed by atoms with Crippen molar-refractivity contribution < 1.29 is 9.09 Å². The first kappa shape index (κ1) is 14.9. The summed E-state index contributed by atoms with van der Waals surface area (Å²) in [7, 11) is 0. The summed E-state index contributed by atoms with van der Waals surface area (Å²) in [6, 6.07) is 0. The summed E-state index contributed by atoms with van der Waals surface area (Å²) in [5, 5.41) is 0. The maximum Gasteiger partial charge on any atom is 0.310 e. The minimum Gasteiger partial charge on any atom is -0.313 e. The van der Waals surface area contributed by atoms with E-state index in [-0.39, 0.29) is 0 Å². The van der Waals surface area contributed by atoms with Crippen molar-refractivity contribution in [3.63, 3.8) is 0 Å². The second kappa shape index (κ2) is 8.09. The standard InChI is InChI=1S/C9H21O2PS2/c1-4-5-6-7-14-12(10,13)11-8-9(2)3/h9H,4-8H2,1-3H3,(H,10,13). The molecule has 86 valence electrons. The molecule has 1 unspecified atom stereocenters. The normalized spacial score (nSPS) is 15.8. The molecule has 0 amide bonds. The van der Waals surface area contributed by atoms with Gasteiger partial charge in [0.25, 0.3) is 0 Å². The molecular formula is C9H21O2PS2. The third-order valence-corrected chi connectivity index (χ3v) is 6.07. The van der Waals surface area contributed by atoms with Crippen LogP contribution in [0.15, 0.2) is 0 Å². The predicted octanol–water partition coefficient (Wildman–Crippen LogP) is 4.62. The highest BCUT2D eigenvalue weighted by molar-refractivity contribution is 8.84. The first-order valence-electron chi connectivity index (χ1n) is 5.10. The van der Waals surface area contributed by atoms with Crippen LogP contribution in [0.3, 0.4) is 0 Å². The topological polar surface area (TPSA) is 26.3 Å². The first-order valence-corrected chi connectivity index (χ1v) is 9.46. The Morgan fingerprint density at radius 2 is 2.07 bits per heavy atom. The molecular weight excluding hydrogens is 235 g/mol. The van der Waals surface area contributed by atoms with Gasteiger partial charge in [0.2, 0.25) is 0 Å². The molecule has 0 aromatic rings. The summed E-state index contributed by atoms with van der Waals surface area (Å²) in [6.45, 7) is 6.76. The summed E-state index contributed by atoms with van der Waals surface area (Å²) in [4.78, 5) is 0.